The predicted molar refractivity (Wildman–Crippen MR) is 66.1 cm³/mol. The molecule has 2 rings (SSSR count). The van der Waals surface area contributed by atoms with E-state index < -0.39 is 0 Å². The summed E-state index contributed by atoms with van der Waals surface area (Å²) >= 11 is 1.75. The molecule has 0 aromatic heterocycles. The highest BCUT2D eigenvalue weighted by Gasteiger charge is 2.41. The van der Waals surface area contributed by atoms with Crippen LogP contribution < -0.4 is 5.32 Å². The standard InChI is InChI=1S/C12H21NOS/c1-8(12(7-14)15-2)13-11-6-9-4-3-5-10(9)11/h3,5,8-14H,4,6-7H2,1-2H3. The Labute approximate surface area is 96.5 Å². The molecule has 0 aromatic carbocycles. The molecule has 15 heavy (non-hydrogen) atoms. The van der Waals surface area contributed by atoms with Crippen molar-refractivity contribution in [3.63, 3.8) is 0 Å². The van der Waals surface area contributed by atoms with Gasteiger partial charge in [0, 0.05) is 17.3 Å². The molecule has 0 amide bonds. The number of nitrogens with one attached hydrogen (secondary N) is 1. The van der Waals surface area contributed by atoms with Gasteiger partial charge in [0.25, 0.3) is 0 Å². The number of aliphatic hydroxyl groups excluding tert-OH is 1. The van der Waals surface area contributed by atoms with Gasteiger partial charge in [-0.1, -0.05) is 12.2 Å². The maximum atomic E-state index is 9.21. The molecule has 2 aliphatic rings. The molecular formula is C12H21NOS. The molecule has 0 bridgehead atoms. The zero-order chi connectivity index (χ0) is 10.8. The summed E-state index contributed by atoms with van der Waals surface area (Å²) < 4.78 is 0. The molecular weight excluding hydrogens is 206 g/mol. The Morgan fingerprint density at radius 3 is 3.00 bits per heavy atom. The van der Waals surface area contributed by atoms with E-state index in [-0.39, 0.29) is 6.61 Å². The molecule has 0 heterocycles. The van der Waals surface area contributed by atoms with Gasteiger partial charge in [-0.2, -0.15) is 11.8 Å². The van der Waals surface area contributed by atoms with Crippen LogP contribution in [0.1, 0.15) is 19.8 Å². The van der Waals surface area contributed by atoms with Crippen molar-refractivity contribution in [3.05, 3.63) is 12.2 Å². The summed E-state index contributed by atoms with van der Waals surface area (Å²) in [6, 6.07) is 1.06. The molecule has 86 valence electrons. The second-order valence-corrected chi connectivity index (χ2v) is 5.83. The van der Waals surface area contributed by atoms with E-state index in [2.05, 4.69) is 30.6 Å². The Kier molecular flexibility index (Phi) is 3.75. The fourth-order valence-corrected chi connectivity index (χ4v) is 3.43. The summed E-state index contributed by atoms with van der Waals surface area (Å²) in [4.78, 5) is 0. The van der Waals surface area contributed by atoms with Crippen molar-refractivity contribution in [2.75, 3.05) is 12.9 Å². The molecule has 0 saturated heterocycles. The lowest BCUT2D eigenvalue weighted by Crippen LogP contribution is -2.53. The lowest BCUT2D eigenvalue weighted by Gasteiger charge is -2.43. The number of rotatable bonds is 5. The first kappa shape index (κ1) is 11.5. The number of aliphatic hydroxyl groups is 1. The van der Waals surface area contributed by atoms with E-state index in [1.54, 1.807) is 11.8 Å². The number of hydrogen-bond acceptors (Lipinski definition) is 3. The monoisotopic (exact) mass is 227 g/mol. The van der Waals surface area contributed by atoms with E-state index in [1.165, 1.54) is 12.8 Å². The van der Waals surface area contributed by atoms with Crippen LogP contribution in [0, 0.1) is 11.8 Å². The summed E-state index contributed by atoms with van der Waals surface area (Å²) in [5, 5.41) is 13.2. The average molecular weight is 227 g/mol. The molecule has 0 radical (unpaired) electrons. The van der Waals surface area contributed by atoms with Crippen LogP contribution >= 0.6 is 11.8 Å². The van der Waals surface area contributed by atoms with E-state index in [0.717, 1.165) is 11.8 Å². The van der Waals surface area contributed by atoms with E-state index in [4.69, 9.17) is 0 Å². The van der Waals surface area contributed by atoms with Gasteiger partial charge in [-0.25, -0.2) is 0 Å². The van der Waals surface area contributed by atoms with Crippen molar-refractivity contribution in [3.8, 4) is 0 Å². The zero-order valence-corrected chi connectivity index (χ0v) is 10.3. The van der Waals surface area contributed by atoms with Gasteiger partial charge in [0.05, 0.1) is 6.61 Å². The minimum absolute atomic E-state index is 0.270. The van der Waals surface area contributed by atoms with Gasteiger partial charge in [0.1, 0.15) is 0 Å². The van der Waals surface area contributed by atoms with Crippen LogP contribution in [0.2, 0.25) is 0 Å². The van der Waals surface area contributed by atoms with Gasteiger partial charge in [-0.05, 0) is 37.9 Å². The minimum atomic E-state index is 0.270. The fourth-order valence-electron chi connectivity index (χ4n) is 2.79. The van der Waals surface area contributed by atoms with Gasteiger partial charge in [-0.3, -0.25) is 0 Å². The molecule has 2 N–H and O–H groups in total. The van der Waals surface area contributed by atoms with E-state index >= 15 is 0 Å². The molecule has 3 heteroatoms. The second-order valence-electron chi connectivity index (χ2n) is 4.76. The Balaban J connectivity index is 1.79. The predicted octanol–water partition coefficient (Wildman–Crippen LogP) is 1.65. The van der Waals surface area contributed by atoms with Crippen LogP contribution in [0.5, 0.6) is 0 Å². The Hall–Kier alpha value is 0.0100. The highest BCUT2D eigenvalue weighted by atomic mass is 32.2. The molecule has 5 unspecified atom stereocenters. The second kappa shape index (κ2) is 4.89. The number of fused-ring (bicyclic) bond motifs is 1. The number of allylic oxidation sites excluding steroid dienone is 1. The maximum Gasteiger partial charge on any atom is 0.0564 e. The lowest BCUT2D eigenvalue weighted by molar-refractivity contribution is 0.146. The third kappa shape index (κ3) is 2.24. The van der Waals surface area contributed by atoms with E-state index in [1.807, 2.05) is 0 Å². The molecule has 1 saturated carbocycles. The molecule has 1 fully saturated rings. The first-order chi connectivity index (χ1) is 7.26. The molecule has 2 aliphatic carbocycles. The summed E-state index contributed by atoms with van der Waals surface area (Å²) in [5.74, 6) is 1.69. The lowest BCUT2D eigenvalue weighted by atomic mass is 9.71. The van der Waals surface area contributed by atoms with Crippen molar-refractivity contribution >= 4 is 11.8 Å². The number of hydrogen-bond donors (Lipinski definition) is 2. The van der Waals surface area contributed by atoms with E-state index in [9.17, 15) is 5.11 Å². The molecule has 2 nitrogen and oxygen atoms in total. The number of thioether (sulfide) groups is 1. The SMILES string of the molecule is CSC(CO)C(C)NC1CC2CC=CC21. The Bertz CT molecular complexity index is 240. The summed E-state index contributed by atoms with van der Waals surface area (Å²) in [7, 11) is 0. The van der Waals surface area contributed by atoms with Crippen LogP contribution in [0.3, 0.4) is 0 Å². The highest BCUT2D eigenvalue weighted by Crippen LogP contribution is 2.42. The van der Waals surface area contributed by atoms with Gasteiger partial charge < -0.3 is 10.4 Å². The molecule has 0 aliphatic heterocycles. The molecule has 0 aromatic rings. The third-order valence-corrected chi connectivity index (χ3v) is 5.04. The van der Waals surface area contributed by atoms with Crippen LogP contribution in [-0.2, 0) is 0 Å². The van der Waals surface area contributed by atoms with Crippen molar-refractivity contribution in [1.29, 1.82) is 0 Å². The van der Waals surface area contributed by atoms with Gasteiger partial charge in [0.2, 0.25) is 0 Å². The van der Waals surface area contributed by atoms with Crippen LogP contribution in [0.4, 0.5) is 0 Å². The van der Waals surface area contributed by atoms with Crippen LogP contribution in [-0.4, -0.2) is 35.3 Å². The molecule has 0 spiro atoms. The largest absolute Gasteiger partial charge is 0.395 e. The van der Waals surface area contributed by atoms with Crippen molar-refractivity contribution in [2.24, 2.45) is 11.8 Å². The maximum absolute atomic E-state index is 9.21. The zero-order valence-electron chi connectivity index (χ0n) is 9.52. The summed E-state index contributed by atoms with van der Waals surface area (Å²) in [6.45, 7) is 2.45. The van der Waals surface area contributed by atoms with Crippen LogP contribution in [0.15, 0.2) is 12.2 Å². The quantitative estimate of drug-likeness (QED) is 0.701. The minimum Gasteiger partial charge on any atom is -0.395 e. The normalized spacial score (nSPS) is 37.1. The van der Waals surface area contributed by atoms with Crippen molar-refractivity contribution in [2.45, 2.75) is 37.1 Å². The molecule has 5 atom stereocenters. The Morgan fingerprint density at radius 2 is 2.40 bits per heavy atom. The fraction of sp³-hybridized carbons (Fsp3) is 0.833. The summed E-state index contributed by atoms with van der Waals surface area (Å²) in [6.07, 6.45) is 9.35. The van der Waals surface area contributed by atoms with Gasteiger partial charge in [-0.15, -0.1) is 0 Å². The van der Waals surface area contributed by atoms with Crippen molar-refractivity contribution in [1.82, 2.24) is 5.32 Å². The van der Waals surface area contributed by atoms with Crippen LogP contribution in [0.25, 0.3) is 0 Å². The van der Waals surface area contributed by atoms with E-state index in [0.29, 0.717) is 17.3 Å². The smallest absolute Gasteiger partial charge is 0.0564 e. The average Bonchev–Trinajstić information content (AvgIpc) is 2.58. The topological polar surface area (TPSA) is 32.3 Å². The first-order valence-electron chi connectivity index (χ1n) is 5.82. The summed E-state index contributed by atoms with van der Waals surface area (Å²) in [5.41, 5.74) is 0. The Morgan fingerprint density at radius 1 is 1.60 bits per heavy atom. The van der Waals surface area contributed by atoms with Gasteiger partial charge in [0.15, 0.2) is 0 Å². The first-order valence-corrected chi connectivity index (χ1v) is 7.11. The highest BCUT2D eigenvalue weighted by molar-refractivity contribution is 7.99. The van der Waals surface area contributed by atoms with Crippen molar-refractivity contribution < 1.29 is 5.11 Å². The third-order valence-electron chi connectivity index (χ3n) is 3.88. The van der Waals surface area contributed by atoms with Gasteiger partial charge >= 0.3 is 0 Å².